The Labute approximate surface area is 204 Å². The van der Waals surface area contributed by atoms with Crippen molar-refractivity contribution in [2.45, 2.75) is 63.3 Å². The van der Waals surface area contributed by atoms with Crippen molar-refractivity contribution in [3.8, 4) is 0 Å². The summed E-state index contributed by atoms with van der Waals surface area (Å²) in [7, 11) is 0. The summed E-state index contributed by atoms with van der Waals surface area (Å²) in [5, 5.41) is 11.7. The first-order valence-electron chi connectivity index (χ1n) is 12.0. The number of aliphatic hydroxyl groups is 1. The van der Waals surface area contributed by atoms with Gasteiger partial charge in [-0.2, -0.15) is 0 Å². The van der Waals surface area contributed by atoms with Gasteiger partial charge in [-0.05, 0) is 37.3 Å². The lowest BCUT2D eigenvalue weighted by Crippen LogP contribution is -2.61. The average molecular weight is 487 g/mol. The number of alkyl halides is 2. The van der Waals surface area contributed by atoms with E-state index in [4.69, 9.17) is 10.5 Å². The van der Waals surface area contributed by atoms with E-state index in [2.05, 4.69) is 0 Å². The van der Waals surface area contributed by atoms with E-state index in [0.717, 1.165) is 5.56 Å². The molecule has 0 radical (unpaired) electrons. The molecule has 0 aromatic heterocycles. The van der Waals surface area contributed by atoms with Gasteiger partial charge in [0.15, 0.2) is 5.60 Å². The van der Waals surface area contributed by atoms with E-state index in [1.54, 1.807) is 37.3 Å². The van der Waals surface area contributed by atoms with E-state index in [1.807, 2.05) is 30.3 Å². The highest BCUT2D eigenvalue weighted by molar-refractivity contribution is 5.87. The second kappa shape index (κ2) is 9.66. The predicted molar refractivity (Wildman–Crippen MR) is 126 cm³/mol. The molecule has 8 heteroatoms. The van der Waals surface area contributed by atoms with Crippen molar-refractivity contribution in [2.75, 3.05) is 6.54 Å². The third-order valence-electron chi connectivity index (χ3n) is 7.47. The largest absolute Gasteiger partial charge is 0.460 e. The first kappa shape index (κ1) is 25.3. The Morgan fingerprint density at radius 3 is 2.29 bits per heavy atom. The molecule has 1 saturated carbocycles. The highest BCUT2D eigenvalue weighted by Crippen LogP contribution is 2.49. The molecule has 3 unspecified atom stereocenters. The van der Waals surface area contributed by atoms with Gasteiger partial charge < -0.3 is 20.5 Å². The van der Waals surface area contributed by atoms with Crippen LogP contribution in [0.5, 0.6) is 0 Å². The maximum absolute atomic E-state index is 14.1. The minimum atomic E-state index is -2.93. The minimum absolute atomic E-state index is 0.0245. The van der Waals surface area contributed by atoms with E-state index in [0.29, 0.717) is 0 Å². The average Bonchev–Trinajstić information content (AvgIpc) is 3.22. The van der Waals surface area contributed by atoms with Crippen molar-refractivity contribution in [3.63, 3.8) is 0 Å². The normalized spacial score (nSPS) is 27.7. The van der Waals surface area contributed by atoms with Gasteiger partial charge in [-0.1, -0.05) is 60.7 Å². The number of hydrogen-bond acceptors (Lipinski definition) is 5. The second-order valence-electron chi connectivity index (χ2n) is 10.1. The predicted octanol–water partition coefficient (Wildman–Crippen LogP) is 3.97. The highest BCUT2D eigenvalue weighted by atomic mass is 19.3. The molecule has 188 valence electrons. The second-order valence-corrected chi connectivity index (χ2v) is 10.1. The van der Waals surface area contributed by atoms with Crippen LogP contribution in [0, 0.1) is 11.3 Å². The minimum Gasteiger partial charge on any atom is -0.460 e. The SMILES string of the molecule is CC1(C(=O)OCc2ccccc2)CCN(C(=O)C(O)(c2ccccc2)[C@@H]2CCC(F)(F)C2)C(N)C1. The maximum atomic E-state index is 14.1. The Morgan fingerprint density at radius 1 is 1.09 bits per heavy atom. The number of esters is 1. The molecule has 3 N–H and O–H groups in total. The fourth-order valence-electron chi connectivity index (χ4n) is 5.29. The van der Waals surface area contributed by atoms with Crippen LogP contribution in [0.15, 0.2) is 60.7 Å². The van der Waals surface area contributed by atoms with Gasteiger partial charge in [-0.25, -0.2) is 8.78 Å². The third-order valence-corrected chi connectivity index (χ3v) is 7.47. The van der Waals surface area contributed by atoms with Crippen LogP contribution >= 0.6 is 0 Å². The quantitative estimate of drug-likeness (QED) is 0.603. The molecule has 2 aromatic rings. The third kappa shape index (κ3) is 5.09. The number of carbonyl (C=O) groups excluding carboxylic acids is 2. The fourth-order valence-corrected chi connectivity index (χ4v) is 5.29. The number of ether oxygens (including phenoxy) is 1. The number of nitrogens with zero attached hydrogens (tertiary/aromatic N) is 1. The first-order valence-corrected chi connectivity index (χ1v) is 12.0. The Kier molecular flexibility index (Phi) is 6.97. The topological polar surface area (TPSA) is 92.9 Å². The Hall–Kier alpha value is -2.84. The fraction of sp³-hybridized carbons (Fsp3) is 0.481. The van der Waals surface area contributed by atoms with Crippen molar-refractivity contribution in [2.24, 2.45) is 17.1 Å². The molecule has 4 atom stereocenters. The molecule has 1 aliphatic carbocycles. The molecule has 6 nitrogen and oxygen atoms in total. The zero-order valence-electron chi connectivity index (χ0n) is 19.8. The van der Waals surface area contributed by atoms with Gasteiger partial charge in [0.2, 0.25) is 5.92 Å². The summed E-state index contributed by atoms with van der Waals surface area (Å²) < 4.78 is 33.7. The van der Waals surface area contributed by atoms with Gasteiger partial charge in [0.05, 0.1) is 11.6 Å². The Balaban J connectivity index is 1.50. The number of halogens is 2. The molecule has 4 rings (SSSR count). The summed E-state index contributed by atoms with van der Waals surface area (Å²) in [6, 6.07) is 17.5. The van der Waals surface area contributed by atoms with Crippen LogP contribution < -0.4 is 5.73 Å². The van der Waals surface area contributed by atoms with Gasteiger partial charge in [0, 0.05) is 25.3 Å². The molecule has 1 aliphatic heterocycles. The lowest BCUT2D eigenvalue weighted by atomic mass is 9.75. The highest BCUT2D eigenvalue weighted by Gasteiger charge is 2.56. The van der Waals surface area contributed by atoms with Crippen LogP contribution in [0.3, 0.4) is 0 Å². The van der Waals surface area contributed by atoms with Crippen molar-refractivity contribution in [1.82, 2.24) is 4.90 Å². The zero-order chi connectivity index (χ0) is 25.3. The number of likely N-dealkylation sites (tertiary alicyclic amines) is 1. The van der Waals surface area contributed by atoms with Gasteiger partial charge in [0.1, 0.15) is 6.61 Å². The van der Waals surface area contributed by atoms with E-state index >= 15 is 0 Å². The van der Waals surface area contributed by atoms with Gasteiger partial charge in [-0.15, -0.1) is 0 Å². The first-order chi connectivity index (χ1) is 16.6. The molecule has 0 spiro atoms. The molecule has 1 heterocycles. The molecule has 1 amide bonds. The molecule has 1 saturated heterocycles. The van der Waals surface area contributed by atoms with Crippen LogP contribution in [0.1, 0.15) is 50.2 Å². The summed E-state index contributed by atoms with van der Waals surface area (Å²) in [5.74, 6) is -4.97. The molecular weight excluding hydrogens is 454 g/mol. The lowest BCUT2D eigenvalue weighted by molar-refractivity contribution is -0.172. The Bertz CT molecular complexity index is 1050. The lowest BCUT2D eigenvalue weighted by Gasteiger charge is -2.45. The summed E-state index contributed by atoms with van der Waals surface area (Å²) in [6.07, 6.45) is -1.38. The van der Waals surface area contributed by atoms with E-state index in [9.17, 15) is 23.5 Å². The van der Waals surface area contributed by atoms with Crippen molar-refractivity contribution in [3.05, 3.63) is 71.8 Å². The van der Waals surface area contributed by atoms with E-state index < -0.39 is 47.3 Å². The molecule has 2 fully saturated rings. The monoisotopic (exact) mass is 486 g/mol. The number of amides is 1. The van der Waals surface area contributed by atoms with Crippen molar-refractivity contribution in [1.29, 1.82) is 0 Å². The van der Waals surface area contributed by atoms with E-state index in [1.165, 1.54) is 4.90 Å². The number of rotatable bonds is 6. The maximum Gasteiger partial charge on any atom is 0.312 e. The zero-order valence-corrected chi connectivity index (χ0v) is 19.8. The van der Waals surface area contributed by atoms with Gasteiger partial charge in [0.25, 0.3) is 5.91 Å². The van der Waals surface area contributed by atoms with Crippen LogP contribution in [0.2, 0.25) is 0 Å². The molecule has 0 bridgehead atoms. The van der Waals surface area contributed by atoms with Crippen molar-refractivity contribution < 1.29 is 28.2 Å². The van der Waals surface area contributed by atoms with Gasteiger partial charge >= 0.3 is 5.97 Å². The number of nitrogens with two attached hydrogens (primary N) is 1. The number of carbonyl (C=O) groups is 2. The van der Waals surface area contributed by atoms with Crippen LogP contribution in [-0.2, 0) is 26.5 Å². The molecule has 2 aromatic carbocycles. The number of benzene rings is 2. The van der Waals surface area contributed by atoms with Gasteiger partial charge in [-0.3, -0.25) is 9.59 Å². The summed E-state index contributed by atoms with van der Waals surface area (Å²) in [4.78, 5) is 28.0. The molecule has 2 aliphatic rings. The standard InChI is InChI=1S/C27H32F2N2O4/c1-25(24(33)35-18-19-8-4-2-5-9-19)14-15-31(22(30)17-25)23(32)27(34,20-10-6-3-7-11-20)21-12-13-26(28,29)16-21/h2-11,21-22,34H,12-18,30H2,1H3/t21-,22?,25?,27?/m1/s1. The van der Waals surface area contributed by atoms with Crippen molar-refractivity contribution >= 4 is 11.9 Å². The molecule has 35 heavy (non-hydrogen) atoms. The molecular formula is C27H32F2N2O4. The van der Waals surface area contributed by atoms with E-state index in [-0.39, 0.29) is 44.4 Å². The van der Waals surface area contributed by atoms with Crippen LogP contribution in [0.25, 0.3) is 0 Å². The number of piperidine rings is 1. The summed E-state index contributed by atoms with van der Waals surface area (Å²) >= 11 is 0. The van der Waals surface area contributed by atoms with Crippen LogP contribution in [0.4, 0.5) is 8.78 Å². The smallest absolute Gasteiger partial charge is 0.312 e. The number of hydrogen-bond donors (Lipinski definition) is 2. The summed E-state index contributed by atoms with van der Waals surface area (Å²) in [5.41, 5.74) is 4.47. The summed E-state index contributed by atoms with van der Waals surface area (Å²) in [6.45, 7) is 1.99. The van der Waals surface area contributed by atoms with Crippen LogP contribution in [-0.4, -0.2) is 40.5 Å². The Morgan fingerprint density at radius 2 is 1.71 bits per heavy atom.